The van der Waals surface area contributed by atoms with Crippen LogP contribution in [-0.4, -0.2) is 41.4 Å². The number of carbonyl (C=O) groups excluding carboxylic acids is 1. The van der Waals surface area contributed by atoms with Gasteiger partial charge in [0, 0.05) is 18.5 Å². The highest BCUT2D eigenvalue weighted by Gasteiger charge is 2.47. The molecule has 3 unspecified atom stereocenters. The third-order valence-electron chi connectivity index (χ3n) is 4.36. The van der Waals surface area contributed by atoms with Gasteiger partial charge in [-0.3, -0.25) is 10.1 Å². The SMILES string of the molecule is Cl.O=C(C1CC(F)(F)CN1)N1C2CCCC1CC2. The molecule has 6 heteroatoms. The zero-order valence-electron chi connectivity index (χ0n) is 10.2. The van der Waals surface area contributed by atoms with Crippen molar-refractivity contribution in [3.8, 4) is 0 Å². The van der Waals surface area contributed by atoms with E-state index in [2.05, 4.69) is 5.32 Å². The second kappa shape index (κ2) is 4.93. The van der Waals surface area contributed by atoms with E-state index in [1.165, 1.54) is 6.42 Å². The number of rotatable bonds is 1. The summed E-state index contributed by atoms with van der Waals surface area (Å²) in [4.78, 5) is 14.2. The van der Waals surface area contributed by atoms with Gasteiger partial charge in [-0.1, -0.05) is 0 Å². The summed E-state index contributed by atoms with van der Waals surface area (Å²) in [6.45, 7) is -0.355. The van der Waals surface area contributed by atoms with E-state index < -0.39 is 12.0 Å². The van der Waals surface area contributed by atoms with Crippen LogP contribution in [0.4, 0.5) is 8.78 Å². The maximum absolute atomic E-state index is 13.1. The lowest BCUT2D eigenvalue weighted by Crippen LogP contribution is -2.50. The molecule has 18 heavy (non-hydrogen) atoms. The first kappa shape index (κ1) is 14.0. The fraction of sp³-hybridized carbons (Fsp3) is 0.917. The summed E-state index contributed by atoms with van der Waals surface area (Å²) >= 11 is 0. The molecule has 3 atom stereocenters. The van der Waals surface area contributed by atoms with Crippen LogP contribution in [0.3, 0.4) is 0 Å². The molecular formula is C12H19ClF2N2O. The van der Waals surface area contributed by atoms with Crippen LogP contribution in [0.15, 0.2) is 0 Å². The van der Waals surface area contributed by atoms with Crippen LogP contribution in [0, 0.1) is 0 Å². The second-order valence-corrected chi connectivity index (χ2v) is 5.55. The van der Waals surface area contributed by atoms with Crippen LogP contribution in [0.1, 0.15) is 38.5 Å². The van der Waals surface area contributed by atoms with Gasteiger partial charge in [0.2, 0.25) is 5.91 Å². The highest BCUT2D eigenvalue weighted by atomic mass is 35.5. The van der Waals surface area contributed by atoms with Gasteiger partial charge < -0.3 is 4.90 Å². The molecule has 0 aromatic carbocycles. The van der Waals surface area contributed by atoms with Crippen LogP contribution in [0.25, 0.3) is 0 Å². The number of amides is 1. The average molecular weight is 281 g/mol. The Morgan fingerprint density at radius 3 is 2.28 bits per heavy atom. The van der Waals surface area contributed by atoms with Crippen LogP contribution < -0.4 is 5.32 Å². The molecule has 0 spiro atoms. The number of hydrogen-bond acceptors (Lipinski definition) is 2. The molecule has 1 N–H and O–H groups in total. The molecular weight excluding hydrogens is 262 g/mol. The summed E-state index contributed by atoms with van der Waals surface area (Å²) in [5.41, 5.74) is 0. The molecule has 3 nitrogen and oxygen atoms in total. The van der Waals surface area contributed by atoms with Crippen LogP contribution in [0.2, 0.25) is 0 Å². The summed E-state index contributed by atoms with van der Waals surface area (Å²) in [5, 5.41) is 2.67. The Morgan fingerprint density at radius 1 is 1.17 bits per heavy atom. The topological polar surface area (TPSA) is 32.3 Å². The van der Waals surface area contributed by atoms with Gasteiger partial charge in [-0.2, -0.15) is 0 Å². The number of piperidine rings is 1. The third-order valence-corrected chi connectivity index (χ3v) is 4.36. The summed E-state index contributed by atoms with van der Waals surface area (Å²) in [7, 11) is 0. The minimum Gasteiger partial charge on any atom is -0.335 e. The molecule has 0 aliphatic carbocycles. The molecule has 104 valence electrons. The fourth-order valence-corrected chi connectivity index (χ4v) is 3.55. The number of halogens is 3. The van der Waals surface area contributed by atoms with Crippen molar-refractivity contribution in [1.29, 1.82) is 0 Å². The van der Waals surface area contributed by atoms with E-state index in [9.17, 15) is 13.6 Å². The number of fused-ring (bicyclic) bond motifs is 2. The van der Waals surface area contributed by atoms with Gasteiger partial charge in [-0.05, 0) is 32.1 Å². The molecule has 0 radical (unpaired) electrons. The third kappa shape index (κ3) is 2.35. The molecule has 2 bridgehead atoms. The van der Waals surface area contributed by atoms with Crippen molar-refractivity contribution >= 4 is 18.3 Å². The smallest absolute Gasteiger partial charge is 0.262 e. The number of hydrogen-bond donors (Lipinski definition) is 1. The van der Waals surface area contributed by atoms with E-state index in [0.717, 1.165) is 25.7 Å². The molecule has 3 rings (SSSR count). The van der Waals surface area contributed by atoms with Gasteiger partial charge in [-0.15, -0.1) is 12.4 Å². The predicted octanol–water partition coefficient (Wildman–Crippen LogP) is 1.95. The fourth-order valence-electron chi connectivity index (χ4n) is 3.55. The van der Waals surface area contributed by atoms with Crippen molar-refractivity contribution in [3.05, 3.63) is 0 Å². The summed E-state index contributed by atoms with van der Waals surface area (Å²) in [6.07, 6.45) is 5.05. The number of nitrogens with one attached hydrogen (secondary N) is 1. The van der Waals surface area contributed by atoms with E-state index in [1.807, 2.05) is 4.90 Å². The molecule has 0 aromatic rings. The normalized spacial score (nSPS) is 37.4. The first-order chi connectivity index (χ1) is 8.07. The molecule has 3 aliphatic rings. The van der Waals surface area contributed by atoms with Gasteiger partial charge in [0.25, 0.3) is 5.92 Å². The number of carbonyl (C=O) groups is 1. The Kier molecular flexibility index (Phi) is 3.83. The number of nitrogens with zero attached hydrogens (tertiary/aromatic N) is 1. The van der Waals surface area contributed by atoms with Crippen molar-refractivity contribution in [2.24, 2.45) is 0 Å². The van der Waals surface area contributed by atoms with Crippen LogP contribution in [0.5, 0.6) is 0 Å². The summed E-state index contributed by atoms with van der Waals surface area (Å²) in [5.74, 6) is -2.80. The lowest BCUT2D eigenvalue weighted by Gasteiger charge is -2.36. The van der Waals surface area contributed by atoms with Gasteiger partial charge in [0.1, 0.15) is 0 Å². The monoisotopic (exact) mass is 280 g/mol. The zero-order valence-corrected chi connectivity index (χ0v) is 11.0. The van der Waals surface area contributed by atoms with Crippen LogP contribution >= 0.6 is 12.4 Å². The standard InChI is InChI=1S/C12H18F2N2O.ClH/c13-12(14)6-10(15-7-12)11(17)16-8-2-1-3-9(16)5-4-8;/h8-10,15H,1-7H2;1H. The van der Waals surface area contributed by atoms with Crippen molar-refractivity contribution < 1.29 is 13.6 Å². The quantitative estimate of drug-likeness (QED) is 0.796. The highest BCUT2D eigenvalue weighted by molar-refractivity contribution is 5.85. The van der Waals surface area contributed by atoms with Crippen LogP contribution in [-0.2, 0) is 4.79 Å². The van der Waals surface area contributed by atoms with Gasteiger partial charge in [-0.25, -0.2) is 8.78 Å². The van der Waals surface area contributed by atoms with E-state index in [0.29, 0.717) is 12.1 Å². The first-order valence-electron chi connectivity index (χ1n) is 6.50. The highest BCUT2D eigenvalue weighted by Crippen LogP contribution is 2.37. The van der Waals surface area contributed by atoms with Gasteiger partial charge in [0.05, 0.1) is 12.6 Å². The Bertz CT molecular complexity index is 324. The largest absolute Gasteiger partial charge is 0.335 e. The Balaban J connectivity index is 0.00000120. The van der Waals surface area contributed by atoms with Crippen molar-refractivity contribution in [2.75, 3.05) is 6.54 Å². The zero-order chi connectivity index (χ0) is 12.0. The molecule has 3 aliphatic heterocycles. The van der Waals surface area contributed by atoms with Gasteiger partial charge >= 0.3 is 0 Å². The molecule has 3 heterocycles. The minimum atomic E-state index is -2.71. The first-order valence-corrected chi connectivity index (χ1v) is 6.50. The van der Waals surface area contributed by atoms with Crippen molar-refractivity contribution in [2.45, 2.75) is 62.6 Å². The van der Waals surface area contributed by atoms with Crippen molar-refractivity contribution in [3.63, 3.8) is 0 Å². The molecule has 0 aromatic heterocycles. The van der Waals surface area contributed by atoms with Crippen molar-refractivity contribution in [1.82, 2.24) is 10.2 Å². The molecule has 3 fully saturated rings. The molecule has 3 saturated heterocycles. The lowest BCUT2D eigenvalue weighted by atomic mass is 10.0. The Labute approximate surface area is 112 Å². The Morgan fingerprint density at radius 2 is 1.78 bits per heavy atom. The maximum atomic E-state index is 13.1. The minimum absolute atomic E-state index is 0. The van der Waals surface area contributed by atoms with E-state index in [1.54, 1.807) is 0 Å². The Hall–Kier alpha value is -0.420. The van der Waals surface area contributed by atoms with Gasteiger partial charge in [0.15, 0.2) is 0 Å². The van der Waals surface area contributed by atoms with E-state index in [-0.39, 0.29) is 31.3 Å². The lowest BCUT2D eigenvalue weighted by molar-refractivity contribution is -0.138. The van der Waals surface area contributed by atoms with E-state index >= 15 is 0 Å². The second-order valence-electron chi connectivity index (χ2n) is 5.55. The summed E-state index contributed by atoms with van der Waals surface area (Å²) < 4.78 is 26.2. The molecule has 1 amide bonds. The number of alkyl halides is 2. The average Bonchev–Trinajstić information content (AvgIpc) is 2.76. The molecule has 0 saturated carbocycles. The predicted molar refractivity (Wildman–Crippen MR) is 66.1 cm³/mol. The van der Waals surface area contributed by atoms with E-state index in [4.69, 9.17) is 0 Å². The maximum Gasteiger partial charge on any atom is 0.262 e. The summed E-state index contributed by atoms with van der Waals surface area (Å²) in [6, 6.07) is -0.0271.